The summed E-state index contributed by atoms with van der Waals surface area (Å²) < 4.78 is 13.8. The van der Waals surface area contributed by atoms with Crippen LogP contribution in [0.5, 0.6) is 0 Å². The summed E-state index contributed by atoms with van der Waals surface area (Å²) in [6, 6.07) is 13.9. The van der Waals surface area contributed by atoms with E-state index in [0.29, 0.717) is 24.4 Å². The maximum atomic E-state index is 13.8. The van der Waals surface area contributed by atoms with Gasteiger partial charge in [0.2, 0.25) is 11.8 Å². The monoisotopic (exact) mass is 430 g/mol. The fourth-order valence-corrected chi connectivity index (χ4v) is 3.85. The highest BCUT2D eigenvalue weighted by atomic mass is 32.2. The van der Waals surface area contributed by atoms with E-state index in [-0.39, 0.29) is 23.4 Å². The highest BCUT2D eigenvalue weighted by Gasteiger charge is 2.25. The Kier molecular flexibility index (Phi) is 9.87. The van der Waals surface area contributed by atoms with Crippen LogP contribution >= 0.6 is 11.8 Å². The van der Waals surface area contributed by atoms with Gasteiger partial charge in [0.05, 0.1) is 5.75 Å². The van der Waals surface area contributed by atoms with Crippen LogP contribution in [0.15, 0.2) is 48.5 Å². The van der Waals surface area contributed by atoms with Crippen molar-refractivity contribution in [2.24, 2.45) is 0 Å². The van der Waals surface area contributed by atoms with Crippen molar-refractivity contribution in [2.45, 2.75) is 52.0 Å². The number of carbonyl (C=O) groups excluding carboxylic acids is 2. The van der Waals surface area contributed by atoms with E-state index in [4.69, 9.17) is 0 Å². The Bertz CT molecular complexity index is 826. The van der Waals surface area contributed by atoms with Crippen molar-refractivity contribution in [2.75, 3.05) is 12.3 Å². The third kappa shape index (κ3) is 7.48. The van der Waals surface area contributed by atoms with E-state index in [1.807, 2.05) is 31.2 Å². The molecule has 2 rings (SSSR count). The number of amides is 2. The van der Waals surface area contributed by atoms with Crippen LogP contribution in [0.1, 0.15) is 43.4 Å². The first kappa shape index (κ1) is 23.9. The number of carbonyl (C=O) groups is 2. The van der Waals surface area contributed by atoms with Crippen LogP contribution in [0.2, 0.25) is 0 Å². The first-order valence-electron chi connectivity index (χ1n) is 10.4. The summed E-state index contributed by atoms with van der Waals surface area (Å²) in [6.07, 6.45) is 1.90. The van der Waals surface area contributed by atoms with Crippen LogP contribution in [0.25, 0.3) is 0 Å². The van der Waals surface area contributed by atoms with Crippen molar-refractivity contribution in [1.29, 1.82) is 0 Å². The van der Waals surface area contributed by atoms with Crippen molar-refractivity contribution in [3.05, 3.63) is 71.0 Å². The Hall–Kier alpha value is -2.34. The standard InChI is InChI=1S/C24H31FN2O2S/c1-4-5-14-26-24(29)19(3)27(15-20-12-10-18(2)11-13-20)23(28)17-30-16-21-8-6-7-9-22(21)25/h6-13,19H,4-5,14-17H2,1-3H3,(H,26,29)/t19-/m1/s1. The number of unbranched alkanes of at least 4 members (excludes halogenated alkanes) is 1. The lowest BCUT2D eigenvalue weighted by Gasteiger charge is -2.29. The van der Waals surface area contributed by atoms with Gasteiger partial charge in [-0.2, -0.15) is 0 Å². The van der Waals surface area contributed by atoms with Gasteiger partial charge in [0, 0.05) is 18.8 Å². The molecule has 0 unspecified atom stereocenters. The lowest BCUT2D eigenvalue weighted by Crippen LogP contribution is -2.48. The van der Waals surface area contributed by atoms with E-state index in [1.165, 1.54) is 17.8 Å². The maximum Gasteiger partial charge on any atom is 0.242 e. The molecule has 6 heteroatoms. The molecule has 0 radical (unpaired) electrons. The topological polar surface area (TPSA) is 49.4 Å². The molecule has 0 saturated carbocycles. The number of halogens is 1. The minimum Gasteiger partial charge on any atom is -0.354 e. The van der Waals surface area contributed by atoms with Gasteiger partial charge in [0.15, 0.2) is 0 Å². The van der Waals surface area contributed by atoms with Crippen LogP contribution in [-0.4, -0.2) is 35.1 Å². The number of nitrogens with zero attached hydrogens (tertiary/aromatic N) is 1. The average Bonchev–Trinajstić information content (AvgIpc) is 2.74. The van der Waals surface area contributed by atoms with Gasteiger partial charge in [-0.3, -0.25) is 9.59 Å². The molecule has 0 spiro atoms. The minimum atomic E-state index is -0.579. The molecule has 2 amide bonds. The molecule has 0 heterocycles. The number of rotatable bonds is 11. The maximum absolute atomic E-state index is 13.8. The molecule has 4 nitrogen and oxygen atoms in total. The number of hydrogen-bond acceptors (Lipinski definition) is 3. The molecule has 0 saturated heterocycles. The minimum absolute atomic E-state index is 0.130. The molecule has 0 bridgehead atoms. The Morgan fingerprint density at radius 2 is 1.83 bits per heavy atom. The lowest BCUT2D eigenvalue weighted by molar-refractivity contribution is -0.138. The number of hydrogen-bond donors (Lipinski definition) is 1. The zero-order valence-corrected chi connectivity index (χ0v) is 18.8. The Morgan fingerprint density at radius 1 is 1.13 bits per heavy atom. The van der Waals surface area contributed by atoms with Crippen molar-refractivity contribution < 1.29 is 14.0 Å². The van der Waals surface area contributed by atoms with Crippen LogP contribution in [0.4, 0.5) is 4.39 Å². The van der Waals surface area contributed by atoms with Gasteiger partial charge in [-0.15, -0.1) is 11.8 Å². The van der Waals surface area contributed by atoms with Crippen LogP contribution in [0, 0.1) is 12.7 Å². The lowest BCUT2D eigenvalue weighted by atomic mass is 10.1. The summed E-state index contributed by atoms with van der Waals surface area (Å²) in [7, 11) is 0. The molecular formula is C24H31FN2O2S. The first-order chi connectivity index (χ1) is 14.4. The van der Waals surface area contributed by atoms with E-state index >= 15 is 0 Å². The van der Waals surface area contributed by atoms with E-state index in [2.05, 4.69) is 12.2 Å². The SMILES string of the molecule is CCCCNC(=O)[C@@H](C)N(Cc1ccc(C)cc1)C(=O)CSCc1ccccc1F. The van der Waals surface area contributed by atoms with Gasteiger partial charge in [-0.05, 0) is 37.5 Å². The normalized spacial score (nSPS) is 11.7. The van der Waals surface area contributed by atoms with Crippen LogP contribution < -0.4 is 5.32 Å². The summed E-state index contributed by atoms with van der Waals surface area (Å²) in [5.74, 6) is 0.0522. The molecule has 2 aromatic carbocycles. The molecule has 162 valence electrons. The first-order valence-corrected chi connectivity index (χ1v) is 11.5. The van der Waals surface area contributed by atoms with Gasteiger partial charge >= 0.3 is 0 Å². The summed E-state index contributed by atoms with van der Waals surface area (Å²) in [5.41, 5.74) is 2.69. The van der Waals surface area contributed by atoms with Crippen LogP contribution in [-0.2, 0) is 21.9 Å². The highest BCUT2D eigenvalue weighted by molar-refractivity contribution is 7.99. The Morgan fingerprint density at radius 3 is 2.50 bits per heavy atom. The van der Waals surface area contributed by atoms with Crippen molar-refractivity contribution in [3.63, 3.8) is 0 Å². The predicted molar refractivity (Wildman–Crippen MR) is 122 cm³/mol. The number of benzene rings is 2. The van der Waals surface area contributed by atoms with Crippen molar-refractivity contribution in [1.82, 2.24) is 10.2 Å². The molecule has 1 atom stereocenters. The fraction of sp³-hybridized carbons (Fsp3) is 0.417. The molecule has 30 heavy (non-hydrogen) atoms. The predicted octanol–water partition coefficient (Wildman–Crippen LogP) is 4.70. The molecular weight excluding hydrogens is 399 g/mol. The molecule has 0 fully saturated rings. The second-order valence-corrected chi connectivity index (χ2v) is 8.40. The smallest absolute Gasteiger partial charge is 0.242 e. The second-order valence-electron chi connectivity index (χ2n) is 7.41. The van der Waals surface area contributed by atoms with Gasteiger partial charge in [-0.1, -0.05) is 61.4 Å². The third-order valence-corrected chi connectivity index (χ3v) is 5.88. The van der Waals surface area contributed by atoms with Gasteiger partial charge in [-0.25, -0.2) is 4.39 Å². The zero-order chi connectivity index (χ0) is 21.9. The second kappa shape index (κ2) is 12.4. The zero-order valence-electron chi connectivity index (χ0n) is 18.0. The summed E-state index contributed by atoms with van der Waals surface area (Å²) in [6.45, 7) is 6.80. The Labute approximate surface area is 183 Å². The molecule has 2 aromatic rings. The fourth-order valence-electron chi connectivity index (χ4n) is 2.96. The summed E-state index contributed by atoms with van der Waals surface area (Å²) >= 11 is 1.36. The van der Waals surface area contributed by atoms with E-state index in [1.54, 1.807) is 30.0 Å². The molecule has 0 aliphatic carbocycles. The third-order valence-electron chi connectivity index (χ3n) is 4.91. The quantitative estimate of drug-likeness (QED) is 0.526. The van der Waals surface area contributed by atoms with Gasteiger partial charge < -0.3 is 10.2 Å². The van der Waals surface area contributed by atoms with Crippen LogP contribution in [0.3, 0.4) is 0 Å². The van der Waals surface area contributed by atoms with Crippen molar-refractivity contribution >= 4 is 23.6 Å². The summed E-state index contributed by atoms with van der Waals surface area (Å²) in [4.78, 5) is 27.2. The van der Waals surface area contributed by atoms with E-state index in [0.717, 1.165) is 24.0 Å². The molecule has 0 aliphatic rings. The highest BCUT2D eigenvalue weighted by Crippen LogP contribution is 2.18. The van der Waals surface area contributed by atoms with E-state index in [9.17, 15) is 14.0 Å². The summed E-state index contributed by atoms with van der Waals surface area (Å²) in [5, 5.41) is 2.91. The van der Waals surface area contributed by atoms with Gasteiger partial charge in [0.25, 0.3) is 0 Å². The van der Waals surface area contributed by atoms with Gasteiger partial charge in [0.1, 0.15) is 11.9 Å². The van der Waals surface area contributed by atoms with Crippen molar-refractivity contribution in [3.8, 4) is 0 Å². The molecule has 0 aliphatic heterocycles. The average molecular weight is 431 g/mol. The molecule has 0 aromatic heterocycles. The molecule has 1 N–H and O–H groups in total. The number of nitrogens with one attached hydrogen (secondary N) is 1. The largest absolute Gasteiger partial charge is 0.354 e. The number of aryl methyl sites for hydroxylation is 1. The number of thioether (sulfide) groups is 1. The van der Waals surface area contributed by atoms with E-state index < -0.39 is 6.04 Å². The Balaban J connectivity index is 2.04.